The van der Waals surface area contributed by atoms with Crippen LogP contribution in [0.4, 0.5) is 0 Å². The van der Waals surface area contributed by atoms with E-state index in [0.717, 1.165) is 25.7 Å². The molecule has 1 aliphatic rings. The lowest BCUT2D eigenvalue weighted by Gasteiger charge is -2.15. The molecule has 0 radical (unpaired) electrons. The molecule has 0 N–H and O–H groups in total. The van der Waals surface area contributed by atoms with Gasteiger partial charge in [0.05, 0.1) is 13.2 Å². The molecule has 1 rings (SSSR count). The Balaban J connectivity index is 1.96. The molecule has 2 unspecified atom stereocenters. The van der Waals surface area contributed by atoms with Gasteiger partial charge in [0, 0.05) is 6.61 Å². The Hall–Kier alpha value is -0.0800. The molecule has 2 atom stereocenters. The molecule has 0 bridgehead atoms. The molecular formula is C15H30O2. The van der Waals surface area contributed by atoms with Crippen LogP contribution < -0.4 is 0 Å². The maximum absolute atomic E-state index is 5.73. The Kier molecular flexibility index (Phi) is 8.72. The second-order valence-electron chi connectivity index (χ2n) is 5.35. The van der Waals surface area contributed by atoms with Crippen molar-refractivity contribution in [2.45, 2.75) is 71.3 Å². The molecular weight excluding hydrogens is 212 g/mol. The van der Waals surface area contributed by atoms with Gasteiger partial charge in [-0.15, -0.1) is 0 Å². The number of epoxide rings is 1. The summed E-state index contributed by atoms with van der Waals surface area (Å²) < 4.78 is 10.9. The average Bonchev–Trinajstić information content (AvgIpc) is 3.13. The van der Waals surface area contributed by atoms with Crippen LogP contribution in [-0.2, 0) is 9.47 Å². The summed E-state index contributed by atoms with van der Waals surface area (Å²) in [5, 5.41) is 0. The fraction of sp³-hybridized carbons (Fsp3) is 1.00. The standard InChI is InChI=1S/C15H30O2/c1-3-5-6-7-8-10-14(9-4-2)11-16-12-15-13-17-15/h14-15H,3-13H2,1-2H3. The lowest BCUT2D eigenvalue weighted by molar-refractivity contribution is 0.0794. The second-order valence-corrected chi connectivity index (χ2v) is 5.35. The lowest BCUT2D eigenvalue weighted by Crippen LogP contribution is -2.12. The van der Waals surface area contributed by atoms with Crippen molar-refractivity contribution in [3.05, 3.63) is 0 Å². The summed E-state index contributed by atoms with van der Waals surface area (Å²) in [5.74, 6) is 0.778. The first-order valence-corrected chi connectivity index (χ1v) is 7.56. The third kappa shape index (κ3) is 8.62. The molecule has 102 valence electrons. The van der Waals surface area contributed by atoms with Crippen LogP contribution >= 0.6 is 0 Å². The van der Waals surface area contributed by atoms with Crippen LogP contribution in [0, 0.1) is 5.92 Å². The predicted octanol–water partition coefficient (Wildman–Crippen LogP) is 4.18. The molecule has 1 saturated heterocycles. The third-order valence-electron chi connectivity index (χ3n) is 3.47. The quantitative estimate of drug-likeness (QED) is 0.378. The van der Waals surface area contributed by atoms with Gasteiger partial charge in [-0.25, -0.2) is 0 Å². The molecule has 0 spiro atoms. The summed E-state index contributed by atoms with van der Waals surface area (Å²) in [5.41, 5.74) is 0. The Morgan fingerprint density at radius 1 is 1.06 bits per heavy atom. The van der Waals surface area contributed by atoms with Gasteiger partial charge in [-0.05, 0) is 18.8 Å². The van der Waals surface area contributed by atoms with E-state index in [4.69, 9.17) is 9.47 Å². The monoisotopic (exact) mass is 242 g/mol. The smallest absolute Gasteiger partial charge is 0.104 e. The maximum atomic E-state index is 5.73. The predicted molar refractivity (Wildman–Crippen MR) is 72.3 cm³/mol. The first-order chi connectivity index (χ1) is 8.36. The molecule has 2 nitrogen and oxygen atoms in total. The van der Waals surface area contributed by atoms with Crippen molar-refractivity contribution >= 4 is 0 Å². The molecule has 17 heavy (non-hydrogen) atoms. The zero-order chi connectivity index (χ0) is 12.3. The number of ether oxygens (including phenoxy) is 2. The molecule has 0 aliphatic carbocycles. The van der Waals surface area contributed by atoms with Crippen LogP contribution in [0.25, 0.3) is 0 Å². The zero-order valence-corrected chi connectivity index (χ0v) is 11.7. The van der Waals surface area contributed by atoms with E-state index in [-0.39, 0.29) is 0 Å². The molecule has 0 saturated carbocycles. The Morgan fingerprint density at radius 2 is 1.82 bits per heavy atom. The molecule has 0 amide bonds. The molecule has 0 aromatic heterocycles. The first kappa shape index (κ1) is 15.0. The van der Waals surface area contributed by atoms with Gasteiger partial charge in [0.25, 0.3) is 0 Å². The van der Waals surface area contributed by atoms with Gasteiger partial charge in [-0.1, -0.05) is 52.4 Å². The summed E-state index contributed by atoms with van der Waals surface area (Å²) in [7, 11) is 0. The SMILES string of the molecule is CCCCCCCC(CCC)COCC1CO1. The minimum Gasteiger partial charge on any atom is -0.378 e. The van der Waals surface area contributed by atoms with E-state index in [1.807, 2.05) is 0 Å². The zero-order valence-electron chi connectivity index (χ0n) is 11.7. The summed E-state index contributed by atoms with van der Waals surface area (Å²) in [6.45, 7) is 7.22. The van der Waals surface area contributed by atoms with E-state index >= 15 is 0 Å². The minimum atomic E-state index is 0.418. The summed E-state index contributed by atoms with van der Waals surface area (Å²) >= 11 is 0. The van der Waals surface area contributed by atoms with E-state index in [1.54, 1.807) is 0 Å². The van der Waals surface area contributed by atoms with Gasteiger partial charge in [-0.3, -0.25) is 0 Å². The van der Waals surface area contributed by atoms with Crippen molar-refractivity contribution in [1.29, 1.82) is 0 Å². The van der Waals surface area contributed by atoms with Gasteiger partial charge >= 0.3 is 0 Å². The number of hydrogen-bond donors (Lipinski definition) is 0. The van der Waals surface area contributed by atoms with E-state index < -0.39 is 0 Å². The molecule has 0 aromatic carbocycles. The van der Waals surface area contributed by atoms with Crippen LogP contribution in [0.3, 0.4) is 0 Å². The van der Waals surface area contributed by atoms with Crippen molar-refractivity contribution in [3.8, 4) is 0 Å². The topological polar surface area (TPSA) is 21.8 Å². The van der Waals surface area contributed by atoms with Crippen molar-refractivity contribution in [1.82, 2.24) is 0 Å². The molecule has 2 heteroatoms. The van der Waals surface area contributed by atoms with E-state index in [2.05, 4.69) is 13.8 Å². The van der Waals surface area contributed by atoms with Gasteiger partial charge in [0.1, 0.15) is 6.10 Å². The van der Waals surface area contributed by atoms with Gasteiger partial charge in [0.15, 0.2) is 0 Å². The van der Waals surface area contributed by atoms with E-state index in [9.17, 15) is 0 Å². The molecule has 0 aromatic rings. The van der Waals surface area contributed by atoms with Crippen LogP contribution in [0.5, 0.6) is 0 Å². The van der Waals surface area contributed by atoms with Gasteiger partial charge in [-0.2, -0.15) is 0 Å². The Labute approximate surface area is 107 Å². The maximum Gasteiger partial charge on any atom is 0.104 e. The van der Waals surface area contributed by atoms with Crippen molar-refractivity contribution in [2.24, 2.45) is 5.92 Å². The van der Waals surface area contributed by atoms with Gasteiger partial charge in [0.2, 0.25) is 0 Å². The van der Waals surface area contributed by atoms with Crippen molar-refractivity contribution in [3.63, 3.8) is 0 Å². The van der Waals surface area contributed by atoms with Crippen LogP contribution in [-0.4, -0.2) is 25.9 Å². The minimum absolute atomic E-state index is 0.418. The molecule has 1 fully saturated rings. The fourth-order valence-corrected chi connectivity index (χ4v) is 2.29. The number of rotatable bonds is 12. The molecule has 1 aliphatic heterocycles. The highest BCUT2D eigenvalue weighted by Gasteiger charge is 2.22. The van der Waals surface area contributed by atoms with E-state index in [1.165, 1.54) is 51.4 Å². The Bertz CT molecular complexity index is 166. The Morgan fingerprint density at radius 3 is 2.47 bits per heavy atom. The number of unbranched alkanes of at least 4 members (excludes halogenated alkanes) is 4. The van der Waals surface area contributed by atoms with Gasteiger partial charge < -0.3 is 9.47 Å². The van der Waals surface area contributed by atoms with E-state index in [0.29, 0.717) is 6.10 Å². The van der Waals surface area contributed by atoms with Crippen LogP contribution in [0.15, 0.2) is 0 Å². The number of hydrogen-bond acceptors (Lipinski definition) is 2. The highest BCUT2D eigenvalue weighted by atomic mass is 16.6. The normalized spacial score (nSPS) is 20.5. The third-order valence-corrected chi connectivity index (χ3v) is 3.47. The summed E-state index contributed by atoms with van der Waals surface area (Å²) in [4.78, 5) is 0. The van der Waals surface area contributed by atoms with Crippen LogP contribution in [0.2, 0.25) is 0 Å². The average molecular weight is 242 g/mol. The fourth-order valence-electron chi connectivity index (χ4n) is 2.29. The second kappa shape index (κ2) is 9.90. The highest BCUT2D eigenvalue weighted by Crippen LogP contribution is 2.18. The van der Waals surface area contributed by atoms with Crippen LogP contribution in [0.1, 0.15) is 65.2 Å². The van der Waals surface area contributed by atoms with Crippen molar-refractivity contribution in [2.75, 3.05) is 19.8 Å². The highest BCUT2D eigenvalue weighted by molar-refractivity contribution is 4.68. The largest absolute Gasteiger partial charge is 0.378 e. The lowest BCUT2D eigenvalue weighted by atomic mass is 9.97. The summed E-state index contributed by atoms with van der Waals surface area (Å²) in [6.07, 6.45) is 11.3. The summed E-state index contributed by atoms with van der Waals surface area (Å²) in [6, 6.07) is 0. The molecule has 1 heterocycles. The van der Waals surface area contributed by atoms with Crippen molar-refractivity contribution < 1.29 is 9.47 Å². The first-order valence-electron chi connectivity index (χ1n) is 7.56.